The zero-order valence-electron chi connectivity index (χ0n) is 11.6. The summed E-state index contributed by atoms with van der Waals surface area (Å²) in [6.07, 6.45) is 0.551. The molecule has 0 aliphatic carbocycles. The van der Waals surface area contributed by atoms with Crippen molar-refractivity contribution >= 4 is 17.0 Å². The van der Waals surface area contributed by atoms with Crippen molar-refractivity contribution in [2.75, 3.05) is 5.75 Å². The molecule has 0 saturated heterocycles. The zero-order chi connectivity index (χ0) is 14.5. The van der Waals surface area contributed by atoms with Crippen LogP contribution < -0.4 is 5.32 Å². The minimum absolute atomic E-state index is 0.0384. The second-order valence-corrected chi connectivity index (χ2v) is 6.57. The molecule has 1 aromatic rings. The van der Waals surface area contributed by atoms with Crippen LogP contribution in [0.15, 0.2) is 30.3 Å². The van der Waals surface area contributed by atoms with Crippen LogP contribution in [0.1, 0.15) is 26.3 Å². The van der Waals surface area contributed by atoms with E-state index >= 15 is 0 Å². The largest absolute Gasteiger partial charge is 0.352 e. The van der Waals surface area contributed by atoms with E-state index in [1.165, 1.54) is 0 Å². The highest BCUT2D eigenvalue weighted by Gasteiger charge is 2.24. The van der Waals surface area contributed by atoms with Gasteiger partial charge in [-0.1, -0.05) is 51.1 Å². The quantitative estimate of drug-likeness (QED) is 0.812. The smallest absolute Gasteiger partial charge is 0.225 e. The van der Waals surface area contributed by atoms with Crippen LogP contribution in [0.4, 0.5) is 0 Å². The Morgan fingerprint density at radius 2 is 1.89 bits per heavy atom. The average molecular weight is 283 g/mol. The van der Waals surface area contributed by atoms with Crippen LogP contribution in [0.5, 0.6) is 0 Å². The van der Waals surface area contributed by atoms with Crippen molar-refractivity contribution in [3.8, 4) is 0 Å². The maximum atomic E-state index is 12.0. The fourth-order valence-corrected chi connectivity index (χ4v) is 2.17. The lowest BCUT2D eigenvalue weighted by molar-refractivity contribution is -0.129. The van der Waals surface area contributed by atoms with Gasteiger partial charge in [0.25, 0.3) is 0 Å². The van der Waals surface area contributed by atoms with Gasteiger partial charge >= 0.3 is 0 Å². The Kier molecular flexibility index (Phi) is 5.69. The molecular weight excluding hydrogens is 262 g/mol. The van der Waals surface area contributed by atoms with Crippen LogP contribution in [0.2, 0.25) is 0 Å². The molecule has 1 rings (SSSR count). The monoisotopic (exact) mass is 283 g/mol. The van der Waals surface area contributed by atoms with Crippen molar-refractivity contribution in [2.24, 2.45) is 5.41 Å². The van der Waals surface area contributed by atoms with Gasteiger partial charge in [0.15, 0.2) is 11.1 Å². The molecule has 0 aliphatic rings. The predicted molar refractivity (Wildman–Crippen MR) is 77.2 cm³/mol. The summed E-state index contributed by atoms with van der Waals surface area (Å²) >= 11 is -1.93. The summed E-state index contributed by atoms with van der Waals surface area (Å²) in [5.74, 6) is -0.0737. The fraction of sp³-hybridized carbons (Fsp3) is 0.500. The molecule has 0 aliphatic heterocycles. The molecule has 2 atom stereocenters. The third-order valence-corrected chi connectivity index (χ3v) is 3.37. The van der Waals surface area contributed by atoms with E-state index in [9.17, 15) is 9.00 Å². The Labute approximate surface area is 116 Å². The Morgan fingerprint density at radius 3 is 2.37 bits per heavy atom. The van der Waals surface area contributed by atoms with Crippen molar-refractivity contribution in [1.29, 1.82) is 0 Å². The van der Waals surface area contributed by atoms with E-state index < -0.39 is 16.5 Å². The molecule has 0 heterocycles. The summed E-state index contributed by atoms with van der Waals surface area (Å²) < 4.78 is 20.0. The number of hydrogen-bond donors (Lipinski definition) is 2. The number of rotatable bonds is 5. The first-order valence-corrected chi connectivity index (χ1v) is 7.49. The molecule has 0 saturated carbocycles. The van der Waals surface area contributed by atoms with Gasteiger partial charge in [-0.2, -0.15) is 0 Å². The van der Waals surface area contributed by atoms with Gasteiger partial charge < -0.3 is 9.87 Å². The van der Waals surface area contributed by atoms with E-state index in [1.54, 1.807) is 0 Å². The van der Waals surface area contributed by atoms with Crippen LogP contribution in [-0.2, 0) is 22.3 Å². The van der Waals surface area contributed by atoms with Crippen molar-refractivity contribution < 1.29 is 13.6 Å². The van der Waals surface area contributed by atoms with Gasteiger partial charge in [-0.3, -0.25) is 4.79 Å². The Bertz CT molecular complexity index is 440. The van der Waals surface area contributed by atoms with E-state index in [1.807, 2.05) is 51.1 Å². The van der Waals surface area contributed by atoms with Gasteiger partial charge in [-0.15, -0.1) is 0 Å². The summed E-state index contributed by atoms with van der Waals surface area (Å²) in [7, 11) is 0. The number of hydrogen-bond acceptors (Lipinski definition) is 2. The number of amides is 1. The summed E-state index contributed by atoms with van der Waals surface area (Å²) in [6.45, 7) is 5.45. The minimum Gasteiger partial charge on any atom is -0.352 e. The molecule has 0 bridgehead atoms. The first-order chi connectivity index (χ1) is 8.79. The van der Waals surface area contributed by atoms with Crippen LogP contribution in [0, 0.1) is 5.41 Å². The second-order valence-electron chi connectivity index (χ2n) is 5.60. The van der Waals surface area contributed by atoms with Crippen molar-refractivity contribution in [3.05, 3.63) is 35.9 Å². The van der Waals surface area contributed by atoms with E-state index in [0.717, 1.165) is 5.56 Å². The molecule has 2 N–H and O–H groups in total. The predicted octanol–water partition coefficient (Wildman–Crippen LogP) is 1.98. The van der Waals surface area contributed by atoms with E-state index in [0.29, 0.717) is 6.42 Å². The Hall–Kier alpha value is -1.20. The third kappa shape index (κ3) is 5.98. The van der Waals surface area contributed by atoms with Gasteiger partial charge in [0.1, 0.15) is 0 Å². The molecule has 4 nitrogen and oxygen atoms in total. The van der Waals surface area contributed by atoms with Gasteiger partial charge in [0, 0.05) is 11.5 Å². The standard InChI is InChI=1S/C14H21NO3S/c1-14(2,3)13(16)15-12(10-19(17)18)9-11-7-5-4-6-8-11/h4-8,12H,9-10H2,1-3H3,(H,15,16)(H,17,18)/t12-/m0/s1. The Balaban J connectivity index is 2.73. The highest BCUT2D eigenvalue weighted by molar-refractivity contribution is 7.79. The molecule has 5 heteroatoms. The van der Waals surface area contributed by atoms with Gasteiger partial charge in [-0.05, 0) is 12.0 Å². The molecule has 0 radical (unpaired) electrons. The van der Waals surface area contributed by atoms with Gasteiger partial charge in [0.05, 0.1) is 5.75 Å². The van der Waals surface area contributed by atoms with Crippen molar-refractivity contribution in [2.45, 2.75) is 33.2 Å². The molecule has 0 spiro atoms. The number of benzene rings is 1. The molecule has 1 aromatic carbocycles. The van der Waals surface area contributed by atoms with E-state index in [2.05, 4.69) is 5.32 Å². The van der Waals surface area contributed by atoms with Gasteiger partial charge in [-0.25, -0.2) is 4.21 Å². The lowest BCUT2D eigenvalue weighted by Crippen LogP contribution is -2.45. The zero-order valence-corrected chi connectivity index (χ0v) is 12.4. The van der Waals surface area contributed by atoms with Crippen LogP contribution in [-0.4, -0.2) is 26.5 Å². The maximum Gasteiger partial charge on any atom is 0.225 e. The summed E-state index contributed by atoms with van der Waals surface area (Å²) in [5.41, 5.74) is 0.526. The van der Waals surface area contributed by atoms with Crippen molar-refractivity contribution in [1.82, 2.24) is 5.32 Å². The summed E-state index contributed by atoms with van der Waals surface area (Å²) in [6, 6.07) is 9.28. The first-order valence-electron chi connectivity index (χ1n) is 6.21. The average Bonchev–Trinajstić information content (AvgIpc) is 2.28. The number of carbonyl (C=O) groups excluding carboxylic acids is 1. The lowest BCUT2D eigenvalue weighted by atomic mass is 9.95. The lowest BCUT2D eigenvalue weighted by Gasteiger charge is -2.23. The molecule has 0 aromatic heterocycles. The first kappa shape index (κ1) is 15.9. The normalized spacial score (nSPS) is 14.7. The van der Waals surface area contributed by atoms with Crippen LogP contribution in [0.3, 0.4) is 0 Å². The van der Waals surface area contributed by atoms with Crippen LogP contribution in [0.25, 0.3) is 0 Å². The third-order valence-electron chi connectivity index (χ3n) is 2.69. The summed E-state index contributed by atoms with van der Waals surface area (Å²) in [4.78, 5) is 12.0. The summed E-state index contributed by atoms with van der Waals surface area (Å²) in [5, 5.41) is 2.84. The highest BCUT2D eigenvalue weighted by Crippen LogP contribution is 2.14. The van der Waals surface area contributed by atoms with E-state index in [-0.39, 0.29) is 17.7 Å². The topological polar surface area (TPSA) is 66.4 Å². The molecule has 1 amide bonds. The molecule has 0 fully saturated rings. The molecule has 106 valence electrons. The molecule has 1 unspecified atom stereocenters. The fourth-order valence-electron chi connectivity index (χ4n) is 1.62. The van der Waals surface area contributed by atoms with E-state index in [4.69, 9.17) is 4.55 Å². The van der Waals surface area contributed by atoms with Crippen LogP contribution >= 0.6 is 0 Å². The molecule has 19 heavy (non-hydrogen) atoms. The van der Waals surface area contributed by atoms with Crippen molar-refractivity contribution in [3.63, 3.8) is 0 Å². The Morgan fingerprint density at radius 1 is 1.32 bits per heavy atom. The maximum absolute atomic E-state index is 12.0. The van der Waals surface area contributed by atoms with Gasteiger partial charge in [0.2, 0.25) is 5.91 Å². The second kappa shape index (κ2) is 6.82. The number of nitrogens with one attached hydrogen (secondary N) is 1. The highest BCUT2D eigenvalue weighted by atomic mass is 32.2. The number of carbonyl (C=O) groups is 1. The SMILES string of the molecule is CC(C)(C)C(=O)N[C@@H](Cc1ccccc1)CS(=O)O. The minimum atomic E-state index is -1.93. The molecular formula is C14H21NO3S.